The summed E-state index contributed by atoms with van der Waals surface area (Å²) < 4.78 is 0. The zero-order valence-electron chi connectivity index (χ0n) is 13.1. The summed E-state index contributed by atoms with van der Waals surface area (Å²) in [6.07, 6.45) is 1.11. The van der Waals surface area contributed by atoms with E-state index in [0.717, 1.165) is 11.9 Å². The number of hydrogen-bond donors (Lipinski definition) is 1. The van der Waals surface area contributed by atoms with Gasteiger partial charge in [-0.1, -0.05) is 0 Å². The van der Waals surface area contributed by atoms with Crippen molar-refractivity contribution in [3.8, 4) is 0 Å². The Kier molecular flexibility index (Phi) is 4.29. The molecule has 0 spiro atoms. The number of anilines is 3. The Labute approximate surface area is 142 Å². The van der Waals surface area contributed by atoms with Crippen molar-refractivity contribution in [2.24, 2.45) is 0 Å². The number of aromatic nitrogens is 2. The number of nitrogens with two attached hydrogens (primary N) is 1. The molecule has 3 rings (SSSR count). The molecule has 0 aliphatic carbocycles. The molecule has 1 fully saturated rings. The van der Waals surface area contributed by atoms with Crippen LogP contribution >= 0.6 is 0 Å². The summed E-state index contributed by atoms with van der Waals surface area (Å²) in [5, 5.41) is 21.5. The van der Waals surface area contributed by atoms with Crippen LogP contribution in [0.3, 0.4) is 0 Å². The van der Waals surface area contributed by atoms with E-state index < -0.39 is 9.85 Å². The third kappa shape index (κ3) is 3.39. The number of nitro groups is 2. The molecule has 0 amide bonds. The number of rotatable bonds is 4. The summed E-state index contributed by atoms with van der Waals surface area (Å²) in [6.45, 7) is 2.54. The Morgan fingerprint density at radius 3 is 2.08 bits per heavy atom. The Bertz CT molecular complexity index is 803. The first-order chi connectivity index (χ1) is 12.0. The molecule has 1 aliphatic heterocycles. The maximum absolute atomic E-state index is 10.8. The molecule has 11 heteroatoms. The number of piperazine rings is 1. The van der Waals surface area contributed by atoms with Crippen LogP contribution in [0.15, 0.2) is 30.5 Å². The van der Waals surface area contributed by atoms with Crippen LogP contribution in [0.5, 0.6) is 0 Å². The van der Waals surface area contributed by atoms with Crippen molar-refractivity contribution in [3.63, 3.8) is 0 Å². The second kappa shape index (κ2) is 6.55. The van der Waals surface area contributed by atoms with E-state index in [1.165, 1.54) is 12.1 Å². The zero-order valence-corrected chi connectivity index (χ0v) is 13.1. The highest BCUT2D eigenvalue weighted by molar-refractivity contribution is 5.55. The molecule has 2 N–H and O–H groups in total. The van der Waals surface area contributed by atoms with Gasteiger partial charge in [0.25, 0.3) is 5.69 Å². The van der Waals surface area contributed by atoms with Gasteiger partial charge in [-0.15, -0.1) is 0 Å². The quantitative estimate of drug-likeness (QED) is 0.638. The van der Waals surface area contributed by atoms with Crippen LogP contribution in [-0.2, 0) is 0 Å². The van der Waals surface area contributed by atoms with E-state index in [4.69, 9.17) is 5.73 Å². The predicted molar refractivity (Wildman–Crippen MR) is 90.6 cm³/mol. The molecule has 1 aromatic heterocycles. The smallest absolute Gasteiger partial charge is 0.329 e. The molecule has 0 bridgehead atoms. The topological polar surface area (TPSA) is 145 Å². The second-order valence-electron chi connectivity index (χ2n) is 5.45. The van der Waals surface area contributed by atoms with Gasteiger partial charge < -0.3 is 15.5 Å². The number of nitrogen functional groups attached to an aromatic ring is 1. The van der Waals surface area contributed by atoms with Crippen molar-refractivity contribution in [2.45, 2.75) is 0 Å². The third-order valence-corrected chi connectivity index (χ3v) is 3.97. The summed E-state index contributed by atoms with van der Waals surface area (Å²) in [4.78, 5) is 32.4. The van der Waals surface area contributed by atoms with Crippen LogP contribution in [0, 0.1) is 20.2 Å². The van der Waals surface area contributed by atoms with Gasteiger partial charge in [0, 0.05) is 44.0 Å². The summed E-state index contributed by atoms with van der Waals surface area (Å²) in [5.74, 6) is 0.194. The molecule has 0 radical (unpaired) electrons. The van der Waals surface area contributed by atoms with Gasteiger partial charge in [-0.25, -0.2) is 4.98 Å². The largest absolute Gasteiger partial charge is 0.378 e. The first-order valence-electron chi connectivity index (χ1n) is 7.47. The normalized spacial score (nSPS) is 14.4. The fourth-order valence-electron chi connectivity index (χ4n) is 2.62. The van der Waals surface area contributed by atoms with Crippen LogP contribution in [0.2, 0.25) is 0 Å². The van der Waals surface area contributed by atoms with E-state index in [-0.39, 0.29) is 17.2 Å². The van der Waals surface area contributed by atoms with Gasteiger partial charge in [-0.2, -0.15) is 4.98 Å². The number of non-ortho nitro benzene ring substituents is 1. The predicted octanol–water partition coefficient (Wildman–Crippen LogP) is 1.20. The van der Waals surface area contributed by atoms with Gasteiger partial charge in [0.2, 0.25) is 11.8 Å². The lowest BCUT2D eigenvalue weighted by Crippen LogP contribution is -2.47. The third-order valence-electron chi connectivity index (χ3n) is 3.97. The van der Waals surface area contributed by atoms with Crippen molar-refractivity contribution in [1.82, 2.24) is 9.97 Å². The molecule has 1 aromatic carbocycles. The lowest BCUT2D eigenvalue weighted by Gasteiger charge is -2.36. The van der Waals surface area contributed by atoms with E-state index in [0.29, 0.717) is 32.1 Å². The average molecular weight is 345 g/mol. The fourth-order valence-corrected chi connectivity index (χ4v) is 2.62. The van der Waals surface area contributed by atoms with Crippen LogP contribution in [0.1, 0.15) is 0 Å². The molecule has 0 unspecified atom stereocenters. The molecular weight excluding hydrogens is 330 g/mol. The maximum atomic E-state index is 10.8. The van der Waals surface area contributed by atoms with Gasteiger partial charge in [-0.05, 0) is 12.1 Å². The van der Waals surface area contributed by atoms with E-state index in [1.807, 2.05) is 4.90 Å². The van der Waals surface area contributed by atoms with Crippen molar-refractivity contribution in [1.29, 1.82) is 0 Å². The number of benzene rings is 1. The number of nitro benzene ring substituents is 1. The van der Waals surface area contributed by atoms with Gasteiger partial charge in [0.05, 0.1) is 9.85 Å². The lowest BCUT2D eigenvalue weighted by atomic mass is 10.2. The Morgan fingerprint density at radius 2 is 1.56 bits per heavy atom. The molecule has 25 heavy (non-hydrogen) atoms. The standard InChI is InChI=1S/C14H15N7O4/c15-13-12(21(24)25)9-16-14(17-13)19-7-5-18(6-8-19)10-1-3-11(4-2-10)20(22)23/h1-4,9H,5-8H2,(H2,15,16,17). The molecule has 2 aromatic rings. The fraction of sp³-hybridized carbons (Fsp3) is 0.286. The molecule has 1 saturated heterocycles. The minimum absolute atomic E-state index is 0.0529. The van der Waals surface area contributed by atoms with E-state index in [1.54, 1.807) is 12.1 Å². The van der Waals surface area contributed by atoms with Crippen LogP contribution in [0.25, 0.3) is 0 Å². The molecule has 2 heterocycles. The summed E-state index contributed by atoms with van der Waals surface area (Å²) in [7, 11) is 0. The first-order valence-corrected chi connectivity index (χ1v) is 7.47. The van der Waals surface area contributed by atoms with E-state index in [2.05, 4.69) is 14.9 Å². The summed E-state index contributed by atoms with van der Waals surface area (Å²) >= 11 is 0. The highest BCUT2D eigenvalue weighted by Gasteiger charge is 2.22. The lowest BCUT2D eigenvalue weighted by molar-refractivity contribution is -0.384. The highest BCUT2D eigenvalue weighted by atomic mass is 16.6. The molecule has 0 atom stereocenters. The first kappa shape index (κ1) is 16.4. The van der Waals surface area contributed by atoms with Crippen LogP contribution in [-0.4, -0.2) is 46.0 Å². The Morgan fingerprint density at radius 1 is 0.960 bits per heavy atom. The molecule has 130 valence electrons. The van der Waals surface area contributed by atoms with E-state index >= 15 is 0 Å². The second-order valence-corrected chi connectivity index (χ2v) is 5.45. The molecule has 0 saturated carbocycles. The van der Waals surface area contributed by atoms with Gasteiger partial charge in [0.15, 0.2) is 0 Å². The minimum Gasteiger partial charge on any atom is -0.378 e. The monoisotopic (exact) mass is 345 g/mol. The summed E-state index contributed by atoms with van der Waals surface area (Å²) in [5.41, 5.74) is 6.24. The SMILES string of the molecule is Nc1nc(N2CCN(c3ccc([N+](=O)[O-])cc3)CC2)ncc1[N+](=O)[O-]. The highest BCUT2D eigenvalue weighted by Crippen LogP contribution is 2.23. The van der Waals surface area contributed by atoms with Crippen LogP contribution in [0.4, 0.5) is 28.8 Å². The maximum Gasteiger partial charge on any atom is 0.329 e. The number of hydrogen-bond acceptors (Lipinski definition) is 9. The van der Waals surface area contributed by atoms with Crippen LogP contribution < -0.4 is 15.5 Å². The van der Waals surface area contributed by atoms with Gasteiger partial charge >= 0.3 is 5.69 Å². The zero-order chi connectivity index (χ0) is 18.0. The minimum atomic E-state index is -0.619. The van der Waals surface area contributed by atoms with Crippen molar-refractivity contribution in [2.75, 3.05) is 41.7 Å². The molecule has 11 nitrogen and oxygen atoms in total. The van der Waals surface area contributed by atoms with Crippen molar-refractivity contribution in [3.05, 3.63) is 50.7 Å². The number of nitrogens with zero attached hydrogens (tertiary/aromatic N) is 6. The Hall–Kier alpha value is -3.50. The van der Waals surface area contributed by atoms with Gasteiger partial charge in [-0.3, -0.25) is 20.2 Å². The Balaban J connectivity index is 1.66. The average Bonchev–Trinajstić information content (AvgIpc) is 2.61. The molecule has 1 aliphatic rings. The molecular formula is C14H15N7O4. The van der Waals surface area contributed by atoms with Crippen molar-refractivity contribution >= 4 is 28.8 Å². The van der Waals surface area contributed by atoms with Crippen molar-refractivity contribution < 1.29 is 9.85 Å². The van der Waals surface area contributed by atoms with E-state index in [9.17, 15) is 20.2 Å². The summed E-state index contributed by atoms with van der Waals surface area (Å²) in [6, 6.07) is 6.38. The van der Waals surface area contributed by atoms with Gasteiger partial charge in [0.1, 0.15) is 6.20 Å².